The summed E-state index contributed by atoms with van der Waals surface area (Å²) < 4.78 is 16.0. The molecule has 20 heavy (non-hydrogen) atoms. The average molecular weight is 341 g/mol. The van der Waals surface area contributed by atoms with Gasteiger partial charge in [0.25, 0.3) is 0 Å². The fourth-order valence-corrected chi connectivity index (χ4v) is 3.08. The third-order valence-corrected chi connectivity index (χ3v) is 4.41. The second-order valence-electron chi connectivity index (χ2n) is 4.91. The predicted molar refractivity (Wildman–Crippen MR) is 80.1 cm³/mol. The highest BCUT2D eigenvalue weighted by Gasteiger charge is 2.18. The van der Waals surface area contributed by atoms with Crippen LogP contribution in [-0.2, 0) is 19.9 Å². The summed E-state index contributed by atoms with van der Waals surface area (Å²) in [6, 6.07) is 4.48. The van der Waals surface area contributed by atoms with E-state index in [9.17, 15) is 9.50 Å². The number of nitrogens with zero attached hydrogens (tertiary/aromatic N) is 2. The molecule has 0 fully saturated rings. The molecule has 0 saturated heterocycles. The average Bonchev–Trinajstić information content (AvgIpc) is 2.68. The van der Waals surface area contributed by atoms with Crippen LogP contribution >= 0.6 is 15.9 Å². The van der Waals surface area contributed by atoms with Gasteiger partial charge < -0.3 is 5.11 Å². The molecule has 0 bridgehead atoms. The lowest BCUT2D eigenvalue weighted by atomic mass is 9.99. The zero-order chi connectivity index (χ0) is 14.9. The van der Waals surface area contributed by atoms with Crippen LogP contribution < -0.4 is 0 Å². The lowest BCUT2D eigenvalue weighted by molar-refractivity contribution is 0.174. The molecule has 1 N–H and O–H groups in total. The summed E-state index contributed by atoms with van der Waals surface area (Å²) in [5.41, 5.74) is 3.38. The Hall–Kier alpha value is -1.20. The Morgan fingerprint density at radius 1 is 1.45 bits per heavy atom. The Morgan fingerprint density at radius 3 is 2.75 bits per heavy atom. The number of rotatable bonds is 4. The molecule has 0 aliphatic heterocycles. The second-order valence-corrected chi connectivity index (χ2v) is 5.70. The molecule has 2 rings (SSSR count). The molecule has 0 saturated carbocycles. The van der Waals surface area contributed by atoms with E-state index < -0.39 is 6.10 Å². The van der Waals surface area contributed by atoms with Crippen molar-refractivity contribution in [3.8, 4) is 0 Å². The predicted octanol–water partition coefficient (Wildman–Crippen LogP) is 3.47. The minimum atomic E-state index is -0.748. The molecule has 108 valence electrons. The van der Waals surface area contributed by atoms with Crippen LogP contribution in [0.1, 0.15) is 35.5 Å². The summed E-state index contributed by atoms with van der Waals surface area (Å²) >= 11 is 3.53. The van der Waals surface area contributed by atoms with Gasteiger partial charge in [-0.25, -0.2) is 4.39 Å². The zero-order valence-electron chi connectivity index (χ0n) is 11.8. The van der Waals surface area contributed by atoms with E-state index in [2.05, 4.69) is 21.0 Å². The molecule has 1 heterocycles. The molecule has 5 heteroatoms. The van der Waals surface area contributed by atoms with Crippen molar-refractivity contribution in [2.75, 3.05) is 0 Å². The third-order valence-electron chi connectivity index (χ3n) is 3.49. The van der Waals surface area contributed by atoms with Crippen LogP contribution in [-0.4, -0.2) is 14.9 Å². The molecule has 1 aromatic carbocycles. The summed E-state index contributed by atoms with van der Waals surface area (Å²) in [6.07, 6.45) is 0.472. The van der Waals surface area contributed by atoms with Crippen LogP contribution in [0.2, 0.25) is 0 Å². The van der Waals surface area contributed by atoms with Gasteiger partial charge in [0.2, 0.25) is 0 Å². The highest BCUT2D eigenvalue weighted by Crippen LogP contribution is 2.28. The minimum absolute atomic E-state index is 0.331. The van der Waals surface area contributed by atoms with Gasteiger partial charge in [-0.05, 0) is 52.5 Å². The van der Waals surface area contributed by atoms with Gasteiger partial charge in [0, 0.05) is 13.5 Å². The van der Waals surface area contributed by atoms with Crippen LogP contribution in [0.5, 0.6) is 0 Å². The number of aromatic nitrogens is 2. The van der Waals surface area contributed by atoms with Crippen molar-refractivity contribution in [2.24, 2.45) is 7.05 Å². The first kappa shape index (κ1) is 15.2. The van der Waals surface area contributed by atoms with E-state index in [1.165, 1.54) is 12.1 Å². The first-order valence-corrected chi connectivity index (χ1v) is 7.37. The largest absolute Gasteiger partial charge is 0.388 e. The number of aliphatic hydroxyl groups excluding tert-OH is 1. The number of benzene rings is 1. The molecular formula is C15H18BrFN2O. The molecule has 0 amide bonds. The molecule has 3 nitrogen and oxygen atoms in total. The SMILES string of the molecule is CCc1nn(C)c(CC(O)c2cc(F)ccc2C)c1Br. The van der Waals surface area contributed by atoms with Crippen molar-refractivity contribution >= 4 is 15.9 Å². The van der Waals surface area contributed by atoms with Crippen molar-refractivity contribution in [2.45, 2.75) is 32.8 Å². The fourth-order valence-electron chi connectivity index (χ4n) is 2.31. The lowest BCUT2D eigenvalue weighted by Crippen LogP contribution is -2.08. The quantitative estimate of drug-likeness (QED) is 0.925. The maximum atomic E-state index is 13.3. The van der Waals surface area contributed by atoms with Gasteiger partial charge in [0.05, 0.1) is 22.0 Å². The number of aryl methyl sites for hydroxylation is 3. The van der Waals surface area contributed by atoms with Crippen LogP contribution in [0.3, 0.4) is 0 Å². The van der Waals surface area contributed by atoms with Crippen molar-refractivity contribution in [1.82, 2.24) is 9.78 Å². The molecule has 1 aromatic heterocycles. The maximum Gasteiger partial charge on any atom is 0.123 e. The highest BCUT2D eigenvalue weighted by atomic mass is 79.9. The van der Waals surface area contributed by atoms with Crippen LogP contribution in [0.4, 0.5) is 4.39 Å². The first-order chi connectivity index (χ1) is 9.43. The smallest absolute Gasteiger partial charge is 0.123 e. The van der Waals surface area contributed by atoms with E-state index in [1.54, 1.807) is 10.7 Å². The molecule has 0 aliphatic rings. The Morgan fingerprint density at radius 2 is 2.15 bits per heavy atom. The Balaban J connectivity index is 2.30. The van der Waals surface area contributed by atoms with Gasteiger partial charge in [-0.1, -0.05) is 13.0 Å². The number of hydrogen-bond donors (Lipinski definition) is 1. The number of hydrogen-bond acceptors (Lipinski definition) is 2. The van der Waals surface area contributed by atoms with E-state index in [-0.39, 0.29) is 5.82 Å². The second kappa shape index (κ2) is 6.06. The Kier molecular flexibility index (Phi) is 4.60. The van der Waals surface area contributed by atoms with Crippen molar-refractivity contribution in [3.63, 3.8) is 0 Å². The van der Waals surface area contributed by atoms with E-state index in [0.717, 1.165) is 27.8 Å². The van der Waals surface area contributed by atoms with E-state index in [0.29, 0.717) is 12.0 Å². The summed E-state index contributed by atoms with van der Waals surface area (Å²) in [4.78, 5) is 0. The van der Waals surface area contributed by atoms with E-state index >= 15 is 0 Å². The normalized spacial score (nSPS) is 12.7. The first-order valence-electron chi connectivity index (χ1n) is 6.58. The van der Waals surface area contributed by atoms with Gasteiger partial charge in [-0.15, -0.1) is 0 Å². The van der Waals surface area contributed by atoms with Gasteiger partial charge >= 0.3 is 0 Å². The monoisotopic (exact) mass is 340 g/mol. The molecular weight excluding hydrogens is 323 g/mol. The van der Waals surface area contributed by atoms with Gasteiger partial charge in [0.15, 0.2) is 0 Å². The zero-order valence-corrected chi connectivity index (χ0v) is 13.4. The highest BCUT2D eigenvalue weighted by molar-refractivity contribution is 9.10. The van der Waals surface area contributed by atoms with E-state index in [1.807, 2.05) is 20.9 Å². The van der Waals surface area contributed by atoms with Gasteiger partial charge in [-0.3, -0.25) is 4.68 Å². The molecule has 1 atom stereocenters. The molecule has 1 unspecified atom stereocenters. The van der Waals surface area contributed by atoms with Crippen LogP contribution in [0, 0.1) is 12.7 Å². The lowest BCUT2D eigenvalue weighted by Gasteiger charge is -2.14. The summed E-state index contributed by atoms with van der Waals surface area (Å²) in [6.45, 7) is 3.90. The fraction of sp³-hybridized carbons (Fsp3) is 0.400. The van der Waals surface area contributed by atoms with Crippen LogP contribution in [0.15, 0.2) is 22.7 Å². The number of aliphatic hydroxyl groups is 1. The molecule has 2 aromatic rings. The summed E-state index contributed by atoms with van der Waals surface area (Å²) in [5, 5.41) is 14.8. The number of halogens is 2. The molecule has 0 aliphatic carbocycles. The Bertz CT molecular complexity index is 625. The minimum Gasteiger partial charge on any atom is -0.388 e. The van der Waals surface area contributed by atoms with E-state index in [4.69, 9.17) is 0 Å². The Labute approximate surface area is 126 Å². The maximum absolute atomic E-state index is 13.3. The summed E-state index contributed by atoms with van der Waals surface area (Å²) in [5.74, 6) is -0.331. The van der Waals surface area contributed by atoms with Crippen molar-refractivity contribution < 1.29 is 9.50 Å². The van der Waals surface area contributed by atoms with Crippen LogP contribution in [0.25, 0.3) is 0 Å². The molecule has 0 spiro atoms. The standard InChI is InChI=1S/C15H18BrFN2O/c1-4-12-15(16)13(19(3)18-12)8-14(20)11-7-10(17)6-5-9(11)2/h5-7,14,20H,4,8H2,1-3H3. The van der Waals surface area contributed by atoms with Gasteiger partial charge in [-0.2, -0.15) is 5.10 Å². The van der Waals surface area contributed by atoms with Crippen molar-refractivity contribution in [3.05, 3.63) is 51.0 Å². The van der Waals surface area contributed by atoms with Gasteiger partial charge in [0.1, 0.15) is 5.82 Å². The topological polar surface area (TPSA) is 38.0 Å². The van der Waals surface area contributed by atoms with Crippen molar-refractivity contribution in [1.29, 1.82) is 0 Å². The molecule has 0 radical (unpaired) electrons. The summed E-state index contributed by atoms with van der Waals surface area (Å²) in [7, 11) is 1.85. The third kappa shape index (κ3) is 2.94.